The Morgan fingerprint density at radius 2 is 1.76 bits per heavy atom. The van der Waals surface area contributed by atoms with Crippen LogP contribution >= 0.6 is 11.6 Å². The lowest BCUT2D eigenvalue weighted by Gasteiger charge is -2.15. The van der Waals surface area contributed by atoms with Crippen molar-refractivity contribution in [3.63, 3.8) is 0 Å². The van der Waals surface area contributed by atoms with E-state index in [0.29, 0.717) is 0 Å². The fourth-order valence-electron chi connectivity index (χ4n) is 2.08. The monoisotopic (exact) mass is 246 g/mol. The molecule has 0 N–H and O–H groups in total. The van der Waals surface area contributed by atoms with Crippen LogP contribution in [0.3, 0.4) is 0 Å². The van der Waals surface area contributed by atoms with E-state index in [1.807, 2.05) is 43.3 Å². The van der Waals surface area contributed by atoms with Gasteiger partial charge in [0.25, 0.3) is 0 Å². The molecule has 0 aromatic heterocycles. The van der Waals surface area contributed by atoms with Crippen molar-refractivity contribution in [1.29, 1.82) is 0 Å². The lowest BCUT2D eigenvalue weighted by atomic mass is 9.88. The fourth-order valence-corrected chi connectivity index (χ4v) is 2.20. The number of Topliss-reactive ketones (excluding diaryl/α,β-unsaturated/α-hetero) is 1. The van der Waals surface area contributed by atoms with E-state index in [0.717, 1.165) is 41.0 Å². The summed E-state index contributed by atoms with van der Waals surface area (Å²) in [6, 6.07) is 7.56. The molecule has 0 amide bonds. The van der Waals surface area contributed by atoms with Gasteiger partial charge in [-0.2, -0.15) is 0 Å². The van der Waals surface area contributed by atoms with Gasteiger partial charge in [-0.05, 0) is 55.5 Å². The molecule has 1 nitrogen and oxygen atoms in total. The van der Waals surface area contributed by atoms with Gasteiger partial charge in [0.15, 0.2) is 5.78 Å². The lowest BCUT2D eigenvalue weighted by molar-refractivity contribution is -0.112. The quantitative estimate of drug-likeness (QED) is 0.671. The molecule has 1 fully saturated rings. The maximum atomic E-state index is 12.1. The maximum Gasteiger partial charge on any atom is 0.184 e. The van der Waals surface area contributed by atoms with Gasteiger partial charge in [0.05, 0.1) is 0 Å². The summed E-state index contributed by atoms with van der Waals surface area (Å²) < 4.78 is 0. The molecule has 1 aromatic rings. The van der Waals surface area contributed by atoms with Crippen molar-refractivity contribution in [1.82, 2.24) is 0 Å². The Hall–Kier alpha value is -1.34. The molecule has 88 valence electrons. The van der Waals surface area contributed by atoms with E-state index in [2.05, 4.69) is 0 Å². The van der Waals surface area contributed by atoms with Crippen molar-refractivity contribution in [3.8, 4) is 0 Å². The summed E-state index contributed by atoms with van der Waals surface area (Å²) in [7, 11) is 0. The highest BCUT2D eigenvalue weighted by molar-refractivity contribution is 6.30. The summed E-state index contributed by atoms with van der Waals surface area (Å²) in [4.78, 5) is 12.1. The summed E-state index contributed by atoms with van der Waals surface area (Å²) in [5, 5.41) is 0.719. The van der Waals surface area contributed by atoms with E-state index < -0.39 is 0 Å². The normalized spacial score (nSPS) is 21.2. The van der Waals surface area contributed by atoms with Gasteiger partial charge in [0.1, 0.15) is 0 Å². The predicted octanol–water partition coefficient (Wildman–Crippen LogP) is 4.42. The number of ketones is 1. The highest BCUT2D eigenvalue weighted by Gasteiger charge is 2.19. The van der Waals surface area contributed by atoms with Crippen molar-refractivity contribution >= 4 is 23.5 Å². The predicted molar refractivity (Wildman–Crippen MR) is 72.0 cm³/mol. The van der Waals surface area contributed by atoms with Gasteiger partial charge in [-0.15, -0.1) is 0 Å². The van der Waals surface area contributed by atoms with Gasteiger partial charge in [0.2, 0.25) is 0 Å². The topological polar surface area (TPSA) is 17.1 Å². The first-order chi connectivity index (χ1) is 8.20. The second-order valence-corrected chi connectivity index (χ2v) is 4.65. The average Bonchev–Trinajstić information content (AvgIpc) is 2.35. The smallest absolute Gasteiger partial charge is 0.184 e. The summed E-state index contributed by atoms with van der Waals surface area (Å²) in [6.45, 7) is 1.93. The first-order valence-corrected chi connectivity index (χ1v) is 6.24. The standard InChI is InChI=1S/C15H15ClO/c1-2-12-4-3-5-13(15(12)17)10-11-6-8-14(16)9-7-11/h2,6-10H,3-5H2,1H3/b12-2+,13-10-. The molecular weight excluding hydrogens is 232 g/mol. The Labute approximate surface area is 107 Å². The van der Waals surface area contributed by atoms with Crippen molar-refractivity contribution in [2.45, 2.75) is 26.2 Å². The van der Waals surface area contributed by atoms with E-state index in [4.69, 9.17) is 11.6 Å². The molecule has 0 bridgehead atoms. The molecule has 0 saturated heterocycles. The number of rotatable bonds is 1. The number of allylic oxidation sites excluding steroid dienone is 3. The molecule has 2 heteroatoms. The van der Waals surface area contributed by atoms with Gasteiger partial charge in [-0.1, -0.05) is 29.8 Å². The fraction of sp³-hybridized carbons (Fsp3) is 0.267. The summed E-state index contributed by atoms with van der Waals surface area (Å²) >= 11 is 5.83. The van der Waals surface area contributed by atoms with Crippen molar-refractivity contribution in [3.05, 3.63) is 52.1 Å². The third-order valence-electron chi connectivity index (χ3n) is 3.03. The molecule has 0 radical (unpaired) electrons. The number of hydrogen-bond acceptors (Lipinski definition) is 1. The minimum absolute atomic E-state index is 0.203. The highest BCUT2D eigenvalue weighted by atomic mass is 35.5. The Morgan fingerprint density at radius 1 is 1.12 bits per heavy atom. The Kier molecular flexibility index (Phi) is 3.80. The van der Waals surface area contributed by atoms with Crippen LogP contribution in [0.2, 0.25) is 5.02 Å². The molecule has 1 aromatic carbocycles. The Bertz CT molecular complexity index is 480. The van der Waals surface area contributed by atoms with Gasteiger partial charge in [-0.25, -0.2) is 0 Å². The van der Waals surface area contributed by atoms with Crippen LogP contribution in [0.4, 0.5) is 0 Å². The SMILES string of the molecule is C/C=C1\CCC/C(=C/c2ccc(Cl)cc2)C1=O. The van der Waals surface area contributed by atoms with E-state index in [1.54, 1.807) is 0 Å². The van der Waals surface area contributed by atoms with E-state index in [-0.39, 0.29) is 5.78 Å². The van der Waals surface area contributed by atoms with Crippen LogP contribution in [0.25, 0.3) is 6.08 Å². The van der Waals surface area contributed by atoms with Crippen molar-refractivity contribution in [2.24, 2.45) is 0 Å². The summed E-state index contributed by atoms with van der Waals surface area (Å²) in [6.07, 6.45) is 6.75. The number of carbonyl (C=O) groups is 1. The number of halogens is 1. The van der Waals surface area contributed by atoms with Gasteiger partial charge in [0, 0.05) is 10.6 Å². The molecule has 0 unspecified atom stereocenters. The minimum Gasteiger partial charge on any atom is -0.289 e. The van der Waals surface area contributed by atoms with Gasteiger partial charge < -0.3 is 0 Å². The Balaban J connectivity index is 2.27. The van der Waals surface area contributed by atoms with Crippen LogP contribution < -0.4 is 0 Å². The molecule has 0 heterocycles. The molecule has 0 atom stereocenters. The summed E-state index contributed by atoms with van der Waals surface area (Å²) in [5.74, 6) is 0.203. The Morgan fingerprint density at radius 3 is 2.41 bits per heavy atom. The van der Waals surface area contributed by atoms with E-state index >= 15 is 0 Å². The molecular formula is C15H15ClO. The lowest BCUT2D eigenvalue weighted by Crippen LogP contribution is -2.12. The molecule has 1 aliphatic rings. The second kappa shape index (κ2) is 5.33. The molecule has 0 spiro atoms. The maximum absolute atomic E-state index is 12.1. The van der Waals surface area contributed by atoms with Crippen LogP contribution in [0.5, 0.6) is 0 Å². The van der Waals surface area contributed by atoms with Crippen LogP contribution in [-0.4, -0.2) is 5.78 Å². The van der Waals surface area contributed by atoms with E-state index in [9.17, 15) is 4.79 Å². The minimum atomic E-state index is 0.203. The zero-order valence-corrected chi connectivity index (χ0v) is 10.6. The van der Waals surface area contributed by atoms with Gasteiger partial charge >= 0.3 is 0 Å². The first kappa shape index (κ1) is 12.1. The molecule has 0 aliphatic heterocycles. The molecule has 2 rings (SSSR count). The van der Waals surface area contributed by atoms with E-state index in [1.165, 1.54) is 0 Å². The zero-order chi connectivity index (χ0) is 12.3. The molecule has 1 saturated carbocycles. The van der Waals surface area contributed by atoms with Crippen LogP contribution in [0, 0.1) is 0 Å². The average molecular weight is 247 g/mol. The zero-order valence-electron chi connectivity index (χ0n) is 9.87. The van der Waals surface area contributed by atoms with Crippen LogP contribution in [0.15, 0.2) is 41.5 Å². The summed E-state index contributed by atoms with van der Waals surface area (Å²) in [5.41, 5.74) is 2.89. The third kappa shape index (κ3) is 2.86. The third-order valence-corrected chi connectivity index (χ3v) is 3.29. The molecule has 1 aliphatic carbocycles. The highest BCUT2D eigenvalue weighted by Crippen LogP contribution is 2.26. The first-order valence-electron chi connectivity index (χ1n) is 5.86. The number of hydrogen-bond donors (Lipinski definition) is 0. The van der Waals surface area contributed by atoms with Crippen LogP contribution in [0.1, 0.15) is 31.7 Å². The van der Waals surface area contributed by atoms with Crippen LogP contribution in [-0.2, 0) is 4.79 Å². The van der Waals surface area contributed by atoms with Crippen molar-refractivity contribution in [2.75, 3.05) is 0 Å². The second-order valence-electron chi connectivity index (χ2n) is 4.22. The van der Waals surface area contributed by atoms with Gasteiger partial charge in [-0.3, -0.25) is 4.79 Å². The molecule has 17 heavy (non-hydrogen) atoms. The van der Waals surface area contributed by atoms with Crippen molar-refractivity contribution < 1.29 is 4.79 Å². The number of carbonyl (C=O) groups excluding carboxylic acids is 1. The number of benzene rings is 1. The largest absolute Gasteiger partial charge is 0.289 e.